The Morgan fingerprint density at radius 2 is 0.371 bits per heavy atom. The summed E-state index contributed by atoms with van der Waals surface area (Å²) in [5.74, 6) is 0. The van der Waals surface area contributed by atoms with Gasteiger partial charge in [-0.3, -0.25) is 0 Å². The minimum Gasteiger partial charge on any atom is -0.306 e. The minimum absolute atomic E-state index is 0.440. The summed E-state index contributed by atoms with van der Waals surface area (Å²) >= 11 is 0. The van der Waals surface area contributed by atoms with Gasteiger partial charge in [0.05, 0.1) is 66.9 Å². The van der Waals surface area contributed by atoms with Crippen LogP contribution in [0.25, 0.3) is 110 Å². The Morgan fingerprint density at radius 3 is 0.516 bits per heavy atom. The fourth-order valence-corrected chi connectivity index (χ4v) is 10.4. The average Bonchev–Trinajstić information content (AvgIpc) is 4.06. The first-order valence-electron chi connectivity index (χ1n) is 20.7. The third-order valence-electron chi connectivity index (χ3n) is 12.8. The van der Waals surface area contributed by atoms with Crippen LogP contribution in [0.15, 0.2) is 194 Å². The molecule has 0 aliphatic carbocycles. The van der Waals surface area contributed by atoms with E-state index in [1.165, 1.54) is 0 Å². The van der Waals surface area contributed by atoms with E-state index in [9.17, 15) is 10.5 Å². The van der Waals surface area contributed by atoms with Crippen molar-refractivity contribution < 1.29 is 0 Å². The van der Waals surface area contributed by atoms with Crippen LogP contribution in [-0.2, 0) is 0 Å². The van der Waals surface area contributed by atoms with Gasteiger partial charge in [-0.2, -0.15) is 10.5 Å². The molecule has 0 atom stereocenters. The fourth-order valence-electron chi connectivity index (χ4n) is 10.4. The Bertz CT molecular complexity index is 3400. The molecule has 0 saturated heterocycles. The van der Waals surface area contributed by atoms with Gasteiger partial charge in [-0.15, -0.1) is 0 Å². The van der Waals surface area contributed by atoms with Crippen molar-refractivity contribution in [3.63, 3.8) is 0 Å². The van der Waals surface area contributed by atoms with Crippen LogP contribution in [-0.4, -0.2) is 18.3 Å². The van der Waals surface area contributed by atoms with Crippen LogP contribution in [0.3, 0.4) is 0 Å². The van der Waals surface area contributed by atoms with Gasteiger partial charge in [0.15, 0.2) is 0 Å². The molecule has 6 nitrogen and oxygen atoms in total. The fraction of sp³-hybridized carbons (Fsp3) is 0. The molecule has 0 spiro atoms. The molecule has 0 fully saturated rings. The largest absolute Gasteiger partial charge is 0.306 e. The molecule has 0 radical (unpaired) electrons. The van der Waals surface area contributed by atoms with E-state index in [2.05, 4.69) is 225 Å². The Hall–Kier alpha value is -8.84. The Labute approximate surface area is 354 Å². The molecule has 0 aliphatic rings. The molecule has 13 aromatic rings. The highest BCUT2D eigenvalue weighted by atomic mass is 15.1. The number of nitrogens with zero attached hydrogens (tertiary/aromatic N) is 6. The minimum atomic E-state index is 0.440. The van der Waals surface area contributed by atoms with Crippen molar-refractivity contribution in [1.29, 1.82) is 10.5 Å². The number of benzene rings is 9. The second kappa shape index (κ2) is 12.8. The number of para-hydroxylation sites is 8. The van der Waals surface area contributed by atoms with Crippen LogP contribution in [0.4, 0.5) is 0 Å². The molecular weight excluding hydrogens is 757 g/mol. The summed E-state index contributed by atoms with van der Waals surface area (Å²) in [7, 11) is 0. The zero-order valence-electron chi connectivity index (χ0n) is 33.2. The van der Waals surface area contributed by atoms with E-state index in [1.54, 1.807) is 0 Å². The summed E-state index contributed by atoms with van der Waals surface area (Å²) in [6, 6.07) is 72.8. The van der Waals surface area contributed by atoms with Crippen LogP contribution in [0, 0.1) is 22.7 Å². The molecule has 9 aromatic carbocycles. The number of hydrogen-bond acceptors (Lipinski definition) is 2. The maximum Gasteiger partial charge on any atom is 0.104 e. The van der Waals surface area contributed by atoms with Crippen molar-refractivity contribution in [2.45, 2.75) is 0 Å². The van der Waals surface area contributed by atoms with E-state index in [4.69, 9.17) is 0 Å². The molecule has 13 rings (SSSR count). The average molecular weight is 789 g/mol. The standard InChI is InChI=1S/C56H32N6/c57-33-43-53(59-45-25-9-1-17-35(45)36-18-2-10-26-46(36)59)54(60-47-27-11-3-19-37(47)38-20-4-12-28-48(38)60)44(34-58)56(62-51-31-15-7-23-41(51)42-24-8-16-32-52(42)62)55(43)61-49-29-13-5-21-39(49)40-22-6-14-30-50(40)61/h1-32H. The lowest BCUT2D eigenvalue weighted by Gasteiger charge is -2.27. The summed E-state index contributed by atoms with van der Waals surface area (Å²) < 4.78 is 8.93. The van der Waals surface area contributed by atoms with Crippen molar-refractivity contribution in [3.05, 3.63) is 205 Å². The molecule has 0 N–H and O–H groups in total. The summed E-state index contributed by atoms with van der Waals surface area (Å²) in [5, 5.41) is 33.0. The Kier molecular flexibility index (Phi) is 7.05. The van der Waals surface area contributed by atoms with E-state index in [1.807, 2.05) is 0 Å². The molecule has 0 bridgehead atoms. The lowest BCUT2D eigenvalue weighted by atomic mass is 9.98. The van der Waals surface area contributed by atoms with Crippen LogP contribution in [0.5, 0.6) is 0 Å². The molecule has 0 unspecified atom stereocenters. The topological polar surface area (TPSA) is 67.3 Å². The smallest absolute Gasteiger partial charge is 0.104 e. The molecule has 62 heavy (non-hydrogen) atoms. The highest BCUT2D eigenvalue weighted by molar-refractivity contribution is 6.15. The van der Waals surface area contributed by atoms with Crippen molar-refractivity contribution in [2.75, 3.05) is 0 Å². The number of hydrogen-bond donors (Lipinski definition) is 0. The highest BCUT2D eigenvalue weighted by Gasteiger charge is 2.34. The molecule has 286 valence electrons. The molecule has 0 saturated carbocycles. The third-order valence-corrected chi connectivity index (χ3v) is 12.8. The molecule has 0 aliphatic heterocycles. The first kappa shape index (κ1) is 34.1. The predicted octanol–water partition coefficient (Wildman–Crippen LogP) is 13.8. The summed E-state index contributed by atoms with van der Waals surface area (Å²) in [6.07, 6.45) is 0. The second-order valence-electron chi connectivity index (χ2n) is 15.8. The molecule has 4 heterocycles. The van der Waals surface area contributed by atoms with Gasteiger partial charge >= 0.3 is 0 Å². The first-order chi connectivity index (χ1) is 30.8. The van der Waals surface area contributed by atoms with E-state index < -0.39 is 0 Å². The van der Waals surface area contributed by atoms with Gasteiger partial charge in [0.1, 0.15) is 23.3 Å². The third kappa shape index (κ3) is 4.39. The van der Waals surface area contributed by atoms with Gasteiger partial charge in [0, 0.05) is 43.1 Å². The van der Waals surface area contributed by atoms with Crippen LogP contribution >= 0.6 is 0 Å². The lowest BCUT2D eigenvalue weighted by molar-refractivity contribution is 1.02. The quantitative estimate of drug-likeness (QED) is 0.178. The SMILES string of the molecule is N#Cc1c(-n2c3ccccc3c3ccccc32)c(-n2c3ccccc3c3ccccc32)c(C#N)c(-n2c3ccccc3c3ccccc32)c1-n1c2ccccc2c2ccccc21. The van der Waals surface area contributed by atoms with Gasteiger partial charge in [-0.1, -0.05) is 146 Å². The second-order valence-corrected chi connectivity index (χ2v) is 15.8. The van der Waals surface area contributed by atoms with Gasteiger partial charge in [0.2, 0.25) is 0 Å². The van der Waals surface area contributed by atoms with Gasteiger partial charge < -0.3 is 18.3 Å². The van der Waals surface area contributed by atoms with Crippen molar-refractivity contribution in [3.8, 4) is 34.9 Å². The van der Waals surface area contributed by atoms with Gasteiger partial charge in [0.25, 0.3) is 0 Å². The molecule has 6 heteroatoms. The molecule has 0 amide bonds. The van der Waals surface area contributed by atoms with E-state index in [-0.39, 0.29) is 0 Å². The predicted molar refractivity (Wildman–Crippen MR) is 253 cm³/mol. The lowest BCUT2D eigenvalue weighted by Crippen LogP contribution is -2.16. The first-order valence-corrected chi connectivity index (χ1v) is 20.7. The van der Waals surface area contributed by atoms with E-state index >= 15 is 0 Å². The van der Waals surface area contributed by atoms with Crippen molar-refractivity contribution in [1.82, 2.24) is 18.3 Å². The Balaban J connectivity index is 1.39. The molecule has 4 aromatic heterocycles. The maximum absolute atomic E-state index is 12.3. The summed E-state index contributed by atoms with van der Waals surface area (Å²) in [4.78, 5) is 0. The number of rotatable bonds is 4. The number of aromatic nitrogens is 4. The van der Waals surface area contributed by atoms with Crippen molar-refractivity contribution in [2.24, 2.45) is 0 Å². The maximum atomic E-state index is 12.3. The van der Waals surface area contributed by atoms with E-state index in [0.29, 0.717) is 33.9 Å². The van der Waals surface area contributed by atoms with Gasteiger partial charge in [-0.25, -0.2) is 0 Å². The normalized spacial score (nSPS) is 11.8. The number of fused-ring (bicyclic) bond motifs is 12. The van der Waals surface area contributed by atoms with Crippen molar-refractivity contribution >= 4 is 87.2 Å². The van der Waals surface area contributed by atoms with Crippen LogP contribution in [0.2, 0.25) is 0 Å². The zero-order chi connectivity index (χ0) is 41.1. The van der Waals surface area contributed by atoms with Crippen LogP contribution in [0.1, 0.15) is 11.1 Å². The number of nitriles is 2. The summed E-state index contributed by atoms with van der Waals surface area (Å²) in [6.45, 7) is 0. The Morgan fingerprint density at radius 1 is 0.226 bits per heavy atom. The highest BCUT2D eigenvalue weighted by Crippen LogP contribution is 2.48. The monoisotopic (exact) mass is 788 g/mol. The summed E-state index contributed by atoms with van der Waals surface area (Å²) in [5.41, 5.74) is 10.9. The van der Waals surface area contributed by atoms with Crippen LogP contribution < -0.4 is 0 Å². The van der Waals surface area contributed by atoms with E-state index in [0.717, 1.165) is 87.2 Å². The zero-order valence-corrected chi connectivity index (χ0v) is 33.2. The van der Waals surface area contributed by atoms with Gasteiger partial charge in [-0.05, 0) is 48.5 Å². The molecular formula is C56H32N6.